The zero-order valence-electron chi connectivity index (χ0n) is 12.3. The third-order valence-corrected chi connectivity index (χ3v) is 3.30. The van der Waals surface area contributed by atoms with Gasteiger partial charge in [0.05, 0.1) is 17.7 Å². The summed E-state index contributed by atoms with van der Waals surface area (Å²) in [5.74, 6) is -1.22. The molecule has 0 radical (unpaired) electrons. The van der Waals surface area contributed by atoms with E-state index >= 15 is 0 Å². The van der Waals surface area contributed by atoms with Crippen LogP contribution in [0.25, 0.3) is 0 Å². The molecular formula is C16H20O5. The Labute approximate surface area is 123 Å². The molecule has 5 nitrogen and oxygen atoms in total. The van der Waals surface area contributed by atoms with E-state index in [0.717, 1.165) is 6.42 Å². The molecule has 0 saturated heterocycles. The van der Waals surface area contributed by atoms with Gasteiger partial charge in [-0.25, -0.2) is 9.59 Å². The highest BCUT2D eigenvalue weighted by Gasteiger charge is 2.13. The molecule has 1 rings (SSSR count). The van der Waals surface area contributed by atoms with E-state index in [2.05, 4.69) is 0 Å². The third-order valence-electron chi connectivity index (χ3n) is 3.30. The van der Waals surface area contributed by atoms with Gasteiger partial charge in [0, 0.05) is 6.42 Å². The highest BCUT2D eigenvalue weighted by Crippen LogP contribution is 2.13. The first-order chi connectivity index (χ1) is 9.93. The second-order valence-electron chi connectivity index (χ2n) is 5.00. The fraction of sp³-hybridized carbons (Fsp3) is 0.438. The van der Waals surface area contributed by atoms with Gasteiger partial charge in [-0.15, -0.1) is 0 Å². The quantitative estimate of drug-likeness (QED) is 0.745. The minimum Gasteiger partial charge on any atom is -0.478 e. The number of esters is 1. The maximum atomic E-state index is 11.8. The van der Waals surface area contributed by atoms with E-state index < -0.39 is 11.9 Å². The van der Waals surface area contributed by atoms with Crippen LogP contribution >= 0.6 is 0 Å². The van der Waals surface area contributed by atoms with Crippen molar-refractivity contribution in [2.75, 3.05) is 6.61 Å². The lowest BCUT2D eigenvalue weighted by Crippen LogP contribution is -2.15. The molecule has 1 N–H and O–H groups in total. The predicted octanol–water partition coefficient (Wildman–Crippen LogP) is 2.94. The zero-order chi connectivity index (χ0) is 15.8. The summed E-state index contributed by atoms with van der Waals surface area (Å²) < 4.78 is 5.22. The topological polar surface area (TPSA) is 80.7 Å². The Morgan fingerprint density at radius 2 is 1.71 bits per heavy atom. The van der Waals surface area contributed by atoms with E-state index in [4.69, 9.17) is 9.84 Å². The van der Waals surface area contributed by atoms with Crippen LogP contribution in [0.2, 0.25) is 0 Å². The largest absolute Gasteiger partial charge is 0.478 e. The zero-order valence-corrected chi connectivity index (χ0v) is 12.3. The van der Waals surface area contributed by atoms with Crippen LogP contribution < -0.4 is 0 Å². The minimum atomic E-state index is -1.04. The molecule has 0 spiro atoms. The number of carbonyl (C=O) groups is 3. The van der Waals surface area contributed by atoms with Crippen molar-refractivity contribution in [3.05, 3.63) is 35.4 Å². The Kier molecular flexibility index (Phi) is 6.59. The molecule has 1 unspecified atom stereocenters. The van der Waals surface area contributed by atoms with Gasteiger partial charge in [0.15, 0.2) is 0 Å². The van der Waals surface area contributed by atoms with E-state index in [-0.39, 0.29) is 23.9 Å². The number of ether oxygens (including phenoxy) is 1. The summed E-state index contributed by atoms with van der Waals surface area (Å²) >= 11 is 0. The summed E-state index contributed by atoms with van der Waals surface area (Å²) in [5, 5.41) is 8.78. The first-order valence-electron chi connectivity index (χ1n) is 6.94. The predicted molar refractivity (Wildman–Crippen MR) is 77.4 cm³/mol. The Morgan fingerprint density at radius 1 is 1.14 bits per heavy atom. The Hall–Kier alpha value is -2.17. The molecule has 21 heavy (non-hydrogen) atoms. The molecule has 114 valence electrons. The second kappa shape index (κ2) is 8.19. The van der Waals surface area contributed by atoms with Gasteiger partial charge in [-0.05, 0) is 43.5 Å². The molecule has 0 aliphatic carbocycles. The smallest absolute Gasteiger partial charge is 0.338 e. The Balaban J connectivity index is 2.52. The second-order valence-corrected chi connectivity index (χ2v) is 5.00. The van der Waals surface area contributed by atoms with Crippen LogP contribution in [0.3, 0.4) is 0 Å². The van der Waals surface area contributed by atoms with E-state index in [1.807, 2.05) is 6.92 Å². The maximum Gasteiger partial charge on any atom is 0.338 e. The number of rotatable bonds is 8. The molecule has 1 atom stereocenters. The van der Waals surface area contributed by atoms with Gasteiger partial charge >= 0.3 is 11.9 Å². The molecule has 0 saturated carbocycles. The molecule has 1 aromatic carbocycles. The van der Waals surface area contributed by atoms with Crippen molar-refractivity contribution in [1.82, 2.24) is 0 Å². The molecule has 5 heteroatoms. The van der Waals surface area contributed by atoms with Crippen LogP contribution in [0.15, 0.2) is 24.3 Å². The summed E-state index contributed by atoms with van der Waals surface area (Å²) in [6.45, 7) is 3.80. The monoisotopic (exact) mass is 292 g/mol. The molecule has 0 aliphatic heterocycles. The summed E-state index contributed by atoms with van der Waals surface area (Å²) in [5.41, 5.74) is 0.445. The normalized spacial score (nSPS) is 11.7. The molecule has 0 bridgehead atoms. The van der Waals surface area contributed by atoms with E-state index in [9.17, 15) is 14.4 Å². The number of carbonyl (C=O) groups excluding carboxylic acids is 2. The van der Waals surface area contributed by atoms with Gasteiger partial charge in [0.25, 0.3) is 0 Å². The van der Waals surface area contributed by atoms with Gasteiger partial charge in [0.2, 0.25) is 0 Å². The summed E-state index contributed by atoms with van der Waals surface area (Å²) in [4.78, 5) is 33.5. The molecular weight excluding hydrogens is 272 g/mol. The SMILES string of the molecule is CCC(CCC(C)=O)COC(=O)c1ccc(C(=O)O)cc1. The van der Waals surface area contributed by atoms with Gasteiger partial charge < -0.3 is 14.6 Å². The van der Waals surface area contributed by atoms with Crippen LogP contribution in [0.4, 0.5) is 0 Å². The molecule has 0 aromatic heterocycles. The number of hydrogen-bond acceptors (Lipinski definition) is 4. The van der Waals surface area contributed by atoms with E-state index in [0.29, 0.717) is 18.4 Å². The first kappa shape index (κ1) is 16.9. The summed E-state index contributed by atoms with van der Waals surface area (Å²) in [6, 6.07) is 5.60. The molecule has 0 aliphatic rings. The average molecular weight is 292 g/mol. The Morgan fingerprint density at radius 3 is 2.19 bits per heavy atom. The van der Waals surface area contributed by atoms with Crippen molar-refractivity contribution in [3.8, 4) is 0 Å². The van der Waals surface area contributed by atoms with Crippen molar-refractivity contribution in [2.24, 2.45) is 5.92 Å². The number of carboxylic acid groups (broad SMARTS) is 1. The lowest BCUT2D eigenvalue weighted by molar-refractivity contribution is -0.117. The minimum absolute atomic E-state index is 0.124. The summed E-state index contributed by atoms with van der Waals surface area (Å²) in [7, 11) is 0. The van der Waals surface area contributed by atoms with Crippen molar-refractivity contribution in [2.45, 2.75) is 33.1 Å². The van der Waals surface area contributed by atoms with Crippen molar-refractivity contribution in [3.63, 3.8) is 0 Å². The molecule has 1 aromatic rings. The van der Waals surface area contributed by atoms with Gasteiger partial charge in [0.1, 0.15) is 5.78 Å². The lowest BCUT2D eigenvalue weighted by atomic mass is 10.0. The molecule has 0 amide bonds. The van der Waals surface area contributed by atoms with Crippen LogP contribution in [0.1, 0.15) is 53.8 Å². The maximum absolute atomic E-state index is 11.8. The van der Waals surface area contributed by atoms with Gasteiger partial charge in [-0.1, -0.05) is 13.3 Å². The summed E-state index contributed by atoms with van der Waals surface area (Å²) in [6.07, 6.45) is 2.03. The van der Waals surface area contributed by atoms with Gasteiger partial charge in [-0.3, -0.25) is 0 Å². The highest BCUT2D eigenvalue weighted by atomic mass is 16.5. The fourth-order valence-electron chi connectivity index (χ4n) is 1.84. The van der Waals surface area contributed by atoms with Crippen molar-refractivity contribution < 1.29 is 24.2 Å². The number of aromatic carboxylic acids is 1. The van der Waals surface area contributed by atoms with Crippen LogP contribution in [-0.2, 0) is 9.53 Å². The van der Waals surface area contributed by atoms with Gasteiger partial charge in [-0.2, -0.15) is 0 Å². The number of carboxylic acids is 1. The molecule has 0 fully saturated rings. The lowest BCUT2D eigenvalue weighted by Gasteiger charge is -2.14. The highest BCUT2D eigenvalue weighted by molar-refractivity contribution is 5.92. The average Bonchev–Trinajstić information content (AvgIpc) is 2.47. The van der Waals surface area contributed by atoms with Crippen molar-refractivity contribution >= 4 is 17.7 Å². The van der Waals surface area contributed by atoms with Crippen LogP contribution in [0, 0.1) is 5.92 Å². The number of ketones is 1. The van der Waals surface area contributed by atoms with E-state index in [1.54, 1.807) is 6.92 Å². The van der Waals surface area contributed by atoms with Crippen LogP contribution in [0.5, 0.6) is 0 Å². The third kappa shape index (κ3) is 5.77. The number of Topliss-reactive ketones (excluding diaryl/α,β-unsaturated/α-hetero) is 1. The molecule has 0 heterocycles. The van der Waals surface area contributed by atoms with Crippen LogP contribution in [-0.4, -0.2) is 29.4 Å². The Bertz CT molecular complexity index is 504. The number of hydrogen-bond donors (Lipinski definition) is 1. The first-order valence-corrected chi connectivity index (χ1v) is 6.94. The van der Waals surface area contributed by atoms with Crippen molar-refractivity contribution in [1.29, 1.82) is 0 Å². The van der Waals surface area contributed by atoms with E-state index in [1.165, 1.54) is 24.3 Å². The number of benzene rings is 1. The standard InChI is InChI=1S/C16H20O5/c1-3-12(5-4-11(2)17)10-21-16(20)14-8-6-13(7-9-14)15(18)19/h6-9,12H,3-5,10H2,1-2H3,(H,18,19). The fourth-order valence-corrected chi connectivity index (χ4v) is 1.84.